The summed E-state index contributed by atoms with van der Waals surface area (Å²) >= 11 is 0. The van der Waals surface area contributed by atoms with Gasteiger partial charge in [0, 0.05) is 13.0 Å². The molecule has 9 fully saturated rings. The molecule has 6 aliphatic heterocycles. The highest BCUT2D eigenvalue weighted by Gasteiger charge is 2.80. The predicted molar refractivity (Wildman–Crippen MR) is 272 cm³/mol. The number of hydrogen-bond acceptors (Lipinski definition) is 25. The molecule has 0 amide bonds. The van der Waals surface area contributed by atoms with Gasteiger partial charge < -0.3 is 103 Å². The molecule has 4 aliphatic carbocycles. The highest BCUT2D eigenvalue weighted by molar-refractivity contribution is 7.80. The molecular formula is C54H86O26S. The molecule has 10 rings (SSSR count). The number of methoxy groups -OCH3 is 1. The van der Waals surface area contributed by atoms with Gasteiger partial charge in [0.25, 0.3) is 0 Å². The van der Waals surface area contributed by atoms with Crippen LogP contribution in [0.3, 0.4) is 0 Å². The van der Waals surface area contributed by atoms with E-state index in [2.05, 4.69) is 27.7 Å². The molecule has 6 saturated heterocycles. The lowest BCUT2D eigenvalue weighted by molar-refractivity contribution is -0.389. The van der Waals surface area contributed by atoms with E-state index >= 15 is 0 Å². The first-order chi connectivity index (χ1) is 37.8. The number of hydrogen-bond donors (Lipinski definition) is 11. The van der Waals surface area contributed by atoms with Crippen molar-refractivity contribution in [3.05, 3.63) is 11.6 Å². The minimum Gasteiger partial charge on any atom is -0.456 e. The third-order valence-corrected chi connectivity index (χ3v) is 21.7. The van der Waals surface area contributed by atoms with Crippen LogP contribution in [-0.2, 0) is 71.5 Å². The average molecular weight is 1180 g/mol. The highest BCUT2D eigenvalue weighted by atomic mass is 32.3. The SMILES string of the molecule is CO[C@@H]1[C@@H](O)[C@H](O[C@@H]2[C@@H](O)[C@H](O[C@H]3[C@H](O)[C@@H](O)[C@H](O[C@H]4[C@H](O[C@H]5CC[C@]6(C)C7=C[C@@H](O)C89C(=O)OC(C)(C%10CCC(C)(C)O%10)C8CC[C@@]9(C)[C@@H]7CC[C@H]6C5(C)C)OC[C@@H](OS(=O)(=O)O)[C@@H]4O)O[C@@H]3C)O[C@H](CO)[C@H]2O)O[C@H](CO)[C@H]1O. The van der Waals surface area contributed by atoms with Crippen molar-refractivity contribution in [2.45, 2.75) is 253 Å². The number of esters is 1. The summed E-state index contributed by atoms with van der Waals surface area (Å²) in [6, 6.07) is 0. The van der Waals surface area contributed by atoms with E-state index in [9.17, 15) is 68.8 Å². The van der Waals surface area contributed by atoms with Gasteiger partial charge in [-0.1, -0.05) is 39.3 Å². The zero-order valence-corrected chi connectivity index (χ0v) is 48.1. The Hall–Kier alpha value is -1.72. The standard InChI is InChI=1S/C54H86O26S/c1-22-40(75-46-39(64)42(34(59)26(20-56)73-46)76-45-38(63)41(69-9)33(58)25(19-55)72-45)36(61)37(62)44(71-22)77-43-35(60)27(80-81(66,67)68)21-70-47(43)74-31-14-16-51(6)24-18-30(57)54-29(53(8,79-48(54)65)32-13-15-49(2,3)78-32)12-17-52(54,7)23(24)10-11-28(51)50(31,4)5/h18,22-23,25-47,55-64H,10-17,19-21H2,1-9H3,(H,66,67,68)/t22-,23-,25-,26-,27-,28+,29?,30-,31+,32?,33-,34-,35+,36-,37-,38-,39-,40-,41+,42+,43-,44+,45+,46+,47+,51-,52+,53?,54?/m1/s1. The zero-order valence-electron chi connectivity index (χ0n) is 47.2. The Bertz CT molecular complexity index is 2430. The molecular weight excluding hydrogens is 1100 g/mol. The number of rotatable bonds is 14. The molecule has 6 heterocycles. The molecule has 0 bridgehead atoms. The molecule has 0 radical (unpaired) electrons. The van der Waals surface area contributed by atoms with Crippen LogP contribution >= 0.6 is 0 Å². The van der Waals surface area contributed by atoms with Crippen molar-refractivity contribution in [2.24, 2.45) is 39.4 Å². The monoisotopic (exact) mass is 1180 g/mol. The second-order valence-corrected chi connectivity index (χ2v) is 27.4. The molecule has 10 aliphatic rings. The summed E-state index contributed by atoms with van der Waals surface area (Å²) in [4.78, 5) is 14.6. The van der Waals surface area contributed by atoms with Crippen LogP contribution in [0.25, 0.3) is 0 Å². The van der Waals surface area contributed by atoms with Gasteiger partial charge in [-0.2, -0.15) is 8.42 Å². The van der Waals surface area contributed by atoms with Crippen molar-refractivity contribution in [3.8, 4) is 0 Å². The third-order valence-electron chi connectivity index (χ3n) is 21.2. The van der Waals surface area contributed by atoms with Crippen molar-refractivity contribution < 1.29 is 125 Å². The van der Waals surface area contributed by atoms with Crippen LogP contribution in [0, 0.1) is 39.4 Å². The summed E-state index contributed by atoms with van der Waals surface area (Å²) < 4.78 is 105. The van der Waals surface area contributed by atoms with E-state index in [4.69, 9.17) is 56.3 Å². The lowest BCUT2D eigenvalue weighted by Gasteiger charge is -2.64. The molecule has 27 heteroatoms. The number of fused-ring (bicyclic) bond motifs is 4. The number of aliphatic hydroxyl groups excluding tert-OH is 10. The topological polar surface area (TPSA) is 385 Å². The molecule has 4 unspecified atom stereocenters. The Morgan fingerprint density at radius 1 is 0.642 bits per heavy atom. The van der Waals surface area contributed by atoms with Gasteiger partial charge in [0.1, 0.15) is 96.5 Å². The average Bonchev–Trinajstić information content (AvgIpc) is 1.63. The number of cyclic esters (lactones) is 1. The Balaban J connectivity index is 0.846. The second kappa shape index (κ2) is 22.1. The molecule has 0 aromatic carbocycles. The predicted octanol–water partition coefficient (Wildman–Crippen LogP) is -1.38. The minimum atomic E-state index is -5.18. The summed E-state index contributed by atoms with van der Waals surface area (Å²) in [5.74, 6) is -0.716. The first-order valence-corrected chi connectivity index (χ1v) is 29.9. The van der Waals surface area contributed by atoms with Crippen molar-refractivity contribution >= 4 is 16.4 Å². The maximum absolute atomic E-state index is 14.6. The summed E-state index contributed by atoms with van der Waals surface area (Å²) in [6.07, 6.45) is -26.6. The van der Waals surface area contributed by atoms with Gasteiger partial charge in [0.05, 0.1) is 49.8 Å². The fourth-order valence-electron chi connectivity index (χ4n) is 17.0. The van der Waals surface area contributed by atoms with Gasteiger partial charge in [-0.25, -0.2) is 4.18 Å². The van der Waals surface area contributed by atoms with Crippen LogP contribution in [0.5, 0.6) is 0 Å². The van der Waals surface area contributed by atoms with Crippen molar-refractivity contribution in [1.82, 2.24) is 0 Å². The number of carbonyl (C=O) groups excluding carboxylic acids is 1. The van der Waals surface area contributed by atoms with E-state index in [1.165, 1.54) is 14.0 Å². The molecule has 1 spiro atoms. The van der Waals surface area contributed by atoms with E-state index in [-0.39, 0.29) is 35.4 Å². The van der Waals surface area contributed by atoms with E-state index in [1.807, 2.05) is 26.8 Å². The maximum atomic E-state index is 14.6. The van der Waals surface area contributed by atoms with Gasteiger partial charge in [-0.05, 0) is 107 Å². The molecule has 464 valence electrons. The van der Waals surface area contributed by atoms with Crippen LogP contribution in [0.15, 0.2) is 11.6 Å². The van der Waals surface area contributed by atoms with Gasteiger partial charge in [0.2, 0.25) is 0 Å². The quantitative estimate of drug-likeness (QED) is 0.0413. The largest absolute Gasteiger partial charge is 0.456 e. The van der Waals surface area contributed by atoms with Gasteiger partial charge in [-0.3, -0.25) is 9.35 Å². The van der Waals surface area contributed by atoms with Gasteiger partial charge in [-0.15, -0.1) is 0 Å². The fourth-order valence-corrected chi connectivity index (χ4v) is 17.5. The maximum Gasteiger partial charge on any atom is 0.397 e. The van der Waals surface area contributed by atoms with Crippen LogP contribution in [0.1, 0.15) is 107 Å². The Morgan fingerprint density at radius 2 is 1.25 bits per heavy atom. The number of aliphatic hydroxyl groups is 10. The minimum absolute atomic E-state index is 0.0364. The summed E-state index contributed by atoms with van der Waals surface area (Å²) in [5.41, 5.74) is -3.05. The summed E-state index contributed by atoms with van der Waals surface area (Å²) in [6.45, 7) is 13.8. The van der Waals surface area contributed by atoms with Crippen LogP contribution in [0.2, 0.25) is 0 Å². The molecule has 29 atom stereocenters. The molecule has 81 heavy (non-hydrogen) atoms. The van der Waals surface area contributed by atoms with Crippen LogP contribution in [-0.4, -0.2) is 243 Å². The highest BCUT2D eigenvalue weighted by Crippen LogP contribution is 2.76. The number of ether oxygens (including phenoxy) is 11. The Morgan fingerprint density at radius 3 is 1.85 bits per heavy atom. The smallest absolute Gasteiger partial charge is 0.397 e. The van der Waals surface area contributed by atoms with E-state index in [0.29, 0.717) is 25.7 Å². The van der Waals surface area contributed by atoms with E-state index in [0.717, 1.165) is 31.3 Å². The zero-order chi connectivity index (χ0) is 59.1. The fraction of sp³-hybridized carbons (Fsp3) is 0.944. The van der Waals surface area contributed by atoms with E-state index < -0.39 is 186 Å². The second-order valence-electron chi connectivity index (χ2n) is 26.4. The third kappa shape index (κ3) is 10.1. The lowest BCUT2D eigenvalue weighted by Crippen LogP contribution is -2.67. The van der Waals surface area contributed by atoms with Crippen LogP contribution < -0.4 is 0 Å². The number of allylic oxidation sites excluding steroid dienone is 1. The lowest BCUT2D eigenvalue weighted by atomic mass is 9.40. The van der Waals surface area contributed by atoms with Gasteiger partial charge >= 0.3 is 16.4 Å². The summed E-state index contributed by atoms with van der Waals surface area (Å²) in [7, 11) is -3.99. The molecule has 0 aromatic heterocycles. The van der Waals surface area contributed by atoms with Crippen molar-refractivity contribution in [2.75, 3.05) is 26.9 Å². The van der Waals surface area contributed by atoms with E-state index in [1.54, 1.807) is 0 Å². The molecule has 11 N–H and O–H groups in total. The van der Waals surface area contributed by atoms with Gasteiger partial charge in [0.15, 0.2) is 25.2 Å². The first kappa shape index (κ1) is 62.3. The normalized spacial score (nSPS) is 53.2. The molecule has 3 saturated carbocycles. The van der Waals surface area contributed by atoms with Crippen molar-refractivity contribution in [1.29, 1.82) is 0 Å². The molecule has 0 aromatic rings. The Kier molecular flexibility index (Phi) is 17.0. The number of carbonyl (C=O) groups is 1. The van der Waals surface area contributed by atoms with Crippen molar-refractivity contribution in [3.63, 3.8) is 0 Å². The first-order valence-electron chi connectivity index (χ1n) is 28.5. The molecule has 26 nitrogen and oxygen atoms in total. The van der Waals surface area contributed by atoms with Crippen LogP contribution in [0.4, 0.5) is 0 Å². The summed E-state index contributed by atoms with van der Waals surface area (Å²) in [5, 5.41) is 112. The Labute approximate surface area is 471 Å².